The van der Waals surface area contributed by atoms with Crippen LogP contribution in [0.2, 0.25) is 0 Å². The monoisotopic (exact) mass is 432 g/mol. The van der Waals surface area contributed by atoms with E-state index < -0.39 is 15.9 Å². The highest BCUT2D eigenvalue weighted by molar-refractivity contribution is 7.90. The lowest BCUT2D eigenvalue weighted by Gasteiger charge is -2.18. The standard InChI is InChI=1S/C19H20N4O6S/c1-29-16-10-13(6-7-15(16)25)11-21-23(12-18(26)20-8-9-24)19-14-4-2-3-5-17(14)30(27,28)22-19/h2-7,10-11,24-25H,8-9,12H2,1H3,(H,20,26)/b21-11+. The Balaban J connectivity index is 1.97. The molecule has 158 valence electrons. The molecule has 0 saturated carbocycles. The Hall–Kier alpha value is -3.44. The number of phenolic OH excluding ortho intramolecular Hbond substituents is 1. The topological polar surface area (TPSA) is 141 Å². The van der Waals surface area contributed by atoms with Gasteiger partial charge in [-0.3, -0.25) is 4.79 Å². The molecule has 1 heterocycles. The van der Waals surface area contributed by atoms with Gasteiger partial charge in [-0.15, -0.1) is 4.40 Å². The van der Waals surface area contributed by atoms with Crippen LogP contribution in [0.3, 0.4) is 0 Å². The van der Waals surface area contributed by atoms with Crippen LogP contribution in [0.4, 0.5) is 0 Å². The van der Waals surface area contributed by atoms with Crippen molar-refractivity contribution in [1.29, 1.82) is 0 Å². The van der Waals surface area contributed by atoms with Gasteiger partial charge in [0.15, 0.2) is 17.3 Å². The summed E-state index contributed by atoms with van der Waals surface area (Å²) < 4.78 is 33.6. The van der Waals surface area contributed by atoms with Gasteiger partial charge in [-0.05, 0) is 35.9 Å². The number of aromatic hydroxyl groups is 1. The average molecular weight is 432 g/mol. The number of hydrogen-bond donors (Lipinski definition) is 3. The number of ether oxygens (including phenoxy) is 1. The summed E-state index contributed by atoms with van der Waals surface area (Å²) in [5.74, 6) is -0.284. The predicted octanol–water partition coefficient (Wildman–Crippen LogP) is 0.294. The van der Waals surface area contributed by atoms with Crippen molar-refractivity contribution in [2.24, 2.45) is 9.50 Å². The van der Waals surface area contributed by atoms with E-state index in [2.05, 4.69) is 14.8 Å². The minimum Gasteiger partial charge on any atom is -0.504 e. The number of hydrazone groups is 1. The first-order chi connectivity index (χ1) is 14.4. The number of rotatable bonds is 7. The van der Waals surface area contributed by atoms with Crippen LogP contribution < -0.4 is 10.1 Å². The van der Waals surface area contributed by atoms with Crippen molar-refractivity contribution in [3.63, 3.8) is 0 Å². The molecular weight excluding hydrogens is 412 g/mol. The molecule has 1 aliphatic heterocycles. The zero-order valence-electron chi connectivity index (χ0n) is 16.0. The Labute approximate surface area is 173 Å². The third-order valence-electron chi connectivity index (χ3n) is 4.13. The molecule has 1 aliphatic rings. The number of fused-ring (bicyclic) bond motifs is 1. The molecule has 0 aliphatic carbocycles. The van der Waals surface area contributed by atoms with E-state index in [1.165, 1.54) is 31.5 Å². The number of sulfonamides is 1. The molecule has 0 aromatic heterocycles. The number of aliphatic hydroxyl groups is 1. The smallest absolute Gasteiger partial charge is 0.285 e. The molecule has 3 N–H and O–H groups in total. The van der Waals surface area contributed by atoms with Gasteiger partial charge in [0.05, 0.1) is 19.9 Å². The SMILES string of the molecule is COc1cc(/C=N/N(CC(=O)NCCO)C2=NS(=O)(=O)c3ccccc32)ccc1O. The van der Waals surface area contributed by atoms with Gasteiger partial charge in [-0.25, -0.2) is 5.01 Å². The Morgan fingerprint density at radius 1 is 1.30 bits per heavy atom. The Morgan fingerprint density at radius 2 is 2.07 bits per heavy atom. The lowest BCUT2D eigenvalue weighted by atomic mass is 10.2. The first kappa shape index (κ1) is 21.3. The van der Waals surface area contributed by atoms with Crippen molar-refractivity contribution >= 4 is 28.0 Å². The highest BCUT2D eigenvalue weighted by atomic mass is 32.2. The second-order valence-corrected chi connectivity index (χ2v) is 7.77. The molecule has 10 nitrogen and oxygen atoms in total. The first-order valence-corrected chi connectivity index (χ1v) is 10.3. The zero-order valence-corrected chi connectivity index (χ0v) is 16.8. The van der Waals surface area contributed by atoms with Gasteiger partial charge in [-0.1, -0.05) is 12.1 Å². The summed E-state index contributed by atoms with van der Waals surface area (Å²) in [6, 6.07) is 10.8. The number of aliphatic hydroxyl groups excluding tert-OH is 1. The third kappa shape index (κ3) is 4.58. The summed E-state index contributed by atoms with van der Waals surface area (Å²) in [5, 5.41) is 26.5. The summed E-state index contributed by atoms with van der Waals surface area (Å²) in [6.07, 6.45) is 1.39. The zero-order chi connectivity index (χ0) is 21.7. The van der Waals surface area contributed by atoms with E-state index in [1.807, 2.05) is 0 Å². The largest absolute Gasteiger partial charge is 0.504 e. The van der Waals surface area contributed by atoms with Gasteiger partial charge in [0.2, 0.25) is 5.91 Å². The number of amidine groups is 1. The lowest BCUT2D eigenvalue weighted by Crippen LogP contribution is -2.38. The fraction of sp³-hybridized carbons (Fsp3) is 0.211. The summed E-state index contributed by atoms with van der Waals surface area (Å²) >= 11 is 0. The van der Waals surface area contributed by atoms with Crippen molar-refractivity contribution in [2.75, 3.05) is 26.8 Å². The van der Waals surface area contributed by atoms with Crippen LogP contribution >= 0.6 is 0 Å². The van der Waals surface area contributed by atoms with Crippen molar-refractivity contribution in [1.82, 2.24) is 10.3 Å². The molecule has 0 spiro atoms. The lowest BCUT2D eigenvalue weighted by molar-refractivity contribution is -0.121. The van der Waals surface area contributed by atoms with Crippen molar-refractivity contribution in [3.8, 4) is 11.5 Å². The van der Waals surface area contributed by atoms with E-state index in [-0.39, 0.29) is 41.9 Å². The molecule has 1 amide bonds. The summed E-state index contributed by atoms with van der Waals surface area (Å²) in [6.45, 7) is -0.512. The molecule has 0 atom stereocenters. The van der Waals surface area contributed by atoms with Crippen molar-refractivity contribution in [2.45, 2.75) is 4.90 Å². The number of nitrogens with zero attached hydrogens (tertiary/aromatic N) is 3. The van der Waals surface area contributed by atoms with Crippen LogP contribution in [0, 0.1) is 0 Å². The molecule has 11 heteroatoms. The number of methoxy groups -OCH3 is 1. The maximum absolute atomic E-state index is 12.4. The van der Waals surface area contributed by atoms with E-state index in [0.29, 0.717) is 11.1 Å². The van der Waals surface area contributed by atoms with Gasteiger partial charge < -0.3 is 20.3 Å². The molecule has 0 bridgehead atoms. The average Bonchev–Trinajstić information content (AvgIpc) is 3.01. The van der Waals surface area contributed by atoms with Crippen molar-refractivity contribution in [3.05, 3.63) is 53.6 Å². The van der Waals surface area contributed by atoms with E-state index in [4.69, 9.17) is 9.84 Å². The van der Waals surface area contributed by atoms with E-state index in [9.17, 15) is 18.3 Å². The maximum atomic E-state index is 12.4. The fourth-order valence-electron chi connectivity index (χ4n) is 2.74. The number of amides is 1. The molecule has 0 saturated heterocycles. The summed E-state index contributed by atoms with van der Waals surface area (Å²) in [5.41, 5.74) is 0.869. The summed E-state index contributed by atoms with van der Waals surface area (Å²) in [7, 11) is -2.50. The molecular formula is C19H20N4O6S. The normalized spacial score (nSPS) is 14.3. The van der Waals surface area contributed by atoms with Gasteiger partial charge >= 0.3 is 0 Å². The van der Waals surface area contributed by atoms with Crippen molar-refractivity contribution < 1.29 is 28.2 Å². The molecule has 0 unspecified atom stereocenters. The molecule has 0 fully saturated rings. The van der Waals surface area contributed by atoms with Crippen LogP contribution in [0.25, 0.3) is 0 Å². The van der Waals surface area contributed by atoms with Crippen LogP contribution in [0.1, 0.15) is 11.1 Å². The number of hydrogen-bond acceptors (Lipinski definition) is 8. The molecule has 30 heavy (non-hydrogen) atoms. The highest BCUT2D eigenvalue weighted by Gasteiger charge is 2.32. The van der Waals surface area contributed by atoms with Gasteiger partial charge in [0.1, 0.15) is 11.4 Å². The fourth-order valence-corrected chi connectivity index (χ4v) is 3.95. The van der Waals surface area contributed by atoms with E-state index in [1.54, 1.807) is 24.3 Å². The highest BCUT2D eigenvalue weighted by Crippen LogP contribution is 2.28. The number of benzene rings is 2. The molecule has 3 rings (SSSR count). The quantitative estimate of drug-likeness (QED) is 0.422. The van der Waals surface area contributed by atoms with Crippen LogP contribution in [0.15, 0.2) is 56.9 Å². The van der Waals surface area contributed by atoms with E-state index in [0.717, 1.165) is 5.01 Å². The number of phenols is 1. The van der Waals surface area contributed by atoms with E-state index >= 15 is 0 Å². The number of carbonyl (C=O) groups is 1. The molecule has 2 aromatic carbocycles. The first-order valence-electron chi connectivity index (χ1n) is 8.86. The predicted molar refractivity (Wildman–Crippen MR) is 109 cm³/mol. The second-order valence-electron chi connectivity index (χ2n) is 6.19. The second kappa shape index (κ2) is 8.93. The number of nitrogens with one attached hydrogen (secondary N) is 1. The van der Waals surface area contributed by atoms with Gasteiger partial charge in [0.25, 0.3) is 10.0 Å². The Morgan fingerprint density at radius 3 is 2.80 bits per heavy atom. The third-order valence-corrected chi connectivity index (χ3v) is 5.46. The maximum Gasteiger partial charge on any atom is 0.285 e. The number of carbonyl (C=O) groups excluding carboxylic acids is 1. The molecule has 2 aromatic rings. The van der Waals surface area contributed by atoms with Crippen LogP contribution in [-0.2, 0) is 14.8 Å². The van der Waals surface area contributed by atoms with Crippen LogP contribution in [0.5, 0.6) is 11.5 Å². The summed E-state index contributed by atoms with van der Waals surface area (Å²) in [4.78, 5) is 12.2. The minimum absolute atomic E-state index is 0.00624. The van der Waals surface area contributed by atoms with Gasteiger partial charge in [-0.2, -0.15) is 13.5 Å². The van der Waals surface area contributed by atoms with Crippen LogP contribution in [-0.4, -0.2) is 68.4 Å². The molecule has 0 radical (unpaired) electrons. The Bertz CT molecular complexity index is 1110. The van der Waals surface area contributed by atoms with Gasteiger partial charge in [0, 0.05) is 12.1 Å². The minimum atomic E-state index is -3.90. The Kier molecular flexibility index (Phi) is 6.33.